The van der Waals surface area contributed by atoms with Gasteiger partial charge < -0.3 is 14.9 Å². The second-order valence-corrected chi connectivity index (χ2v) is 3.76. The van der Waals surface area contributed by atoms with E-state index < -0.39 is 0 Å². The number of rotatable bonds is 2. The van der Waals surface area contributed by atoms with Crippen molar-refractivity contribution in [1.82, 2.24) is 9.80 Å². The van der Waals surface area contributed by atoms with Crippen LogP contribution in [0.2, 0.25) is 0 Å². The van der Waals surface area contributed by atoms with Crippen molar-refractivity contribution in [2.75, 3.05) is 40.8 Å². The van der Waals surface area contributed by atoms with E-state index in [9.17, 15) is 5.11 Å². The molecule has 1 saturated heterocycles. The van der Waals surface area contributed by atoms with Gasteiger partial charge in [-0.15, -0.1) is 0 Å². The van der Waals surface area contributed by atoms with Crippen LogP contribution in [0.15, 0.2) is 0 Å². The van der Waals surface area contributed by atoms with Crippen LogP contribution in [0, 0.1) is 0 Å². The molecule has 0 aromatic heterocycles. The third-order valence-electron chi connectivity index (χ3n) is 2.77. The van der Waals surface area contributed by atoms with Gasteiger partial charge in [0.2, 0.25) is 0 Å². The molecule has 1 aliphatic heterocycles. The van der Waals surface area contributed by atoms with E-state index in [4.69, 9.17) is 0 Å². The Labute approximate surface area is 82.3 Å². The van der Waals surface area contributed by atoms with Crippen molar-refractivity contribution >= 4 is 0 Å². The molecule has 0 saturated carbocycles. The van der Waals surface area contributed by atoms with E-state index in [-0.39, 0.29) is 12.1 Å². The van der Waals surface area contributed by atoms with Crippen molar-refractivity contribution < 1.29 is 5.11 Å². The van der Waals surface area contributed by atoms with Crippen LogP contribution in [-0.2, 0) is 0 Å². The molecule has 3 nitrogen and oxygen atoms in total. The highest BCUT2D eigenvalue weighted by Crippen LogP contribution is 2.23. The molecule has 1 unspecified atom stereocenters. The van der Waals surface area contributed by atoms with Gasteiger partial charge in [0.05, 0.1) is 12.1 Å². The minimum Gasteiger partial charge on any atom is -0.394 e. The summed E-state index contributed by atoms with van der Waals surface area (Å²) in [6, 6.07) is 0. The fraction of sp³-hybridized carbons (Fsp3) is 1.00. The van der Waals surface area contributed by atoms with Crippen molar-refractivity contribution in [3.8, 4) is 0 Å². The van der Waals surface area contributed by atoms with Crippen molar-refractivity contribution in [3.63, 3.8) is 0 Å². The first-order valence-corrected chi connectivity index (χ1v) is 5.07. The Morgan fingerprint density at radius 2 is 1.92 bits per heavy atom. The monoisotopic (exact) mass is 188 g/mol. The summed E-state index contributed by atoms with van der Waals surface area (Å²) in [5.74, 6) is 0. The summed E-state index contributed by atoms with van der Waals surface area (Å²) in [7, 11) is 6.17. The van der Waals surface area contributed by atoms with Gasteiger partial charge in [-0.2, -0.15) is 0 Å². The van der Waals surface area contributed by atoms with Gasteiger partial charge in [0.15, 0.2) is 0 Å². The smallest absolute Gasteiger partial charge is 0.0628 e. The summed E-state index contributed by atoms with van der Waals surface area (Å²) in [6.45, 7) is 6.35. The predicted octanol–water partition coefficient (Wildman–Crippen LogP) is 0.641. The van der Waals surface area contributed by atoms with Gasteiger partial charge >= 0.3 is 0 Å². The van der Waals surface area contributed by atoms with E-state index in [1.807, 2.05) is 27.9 Å². The standard InChI is InChI=1S/C8H18N2O.C2H6/c1-9(2)8(7-11)4-5-10(3)6-8;1-2/h11H,4-7H2,1-3H3;1-2H3. The Morgan fingerprint density at radius 1 is 1.38 bits per heavy atom. The first-order chi connectivity index (χ1) is 6.10. The molecule has 13 heavy (non-hydrogen) atoms. The number of aliphatic hydroxyl groups is 1. The summed E-state index contributed by atoms with van der Waals surface area (Å²) in [5, 5.41) is 9.24. The third-order valence-corrected chi connectivity index (χ3v) is 2.77. The second-order valence-electron chi connectivity index (χ2n) is 3.76. The van der Waals surface area contributed by atoms with Crippen LogP contribution in [0.4, 0.5) is 0 Å². The quantitative estimate of drug-likeness (QED) is 0.689. The molecular weight excluding hydrogens is 164 g/mol. The lowest BCUT2D eigenvalue weighted by molar-refractivity contribution is 0.0770. The van der Waals surface area contributed by atoms with Gasteiger partial charge in [-0.3, -0.25) is 0 Å². The largest absolute Gasteiger partial charge is 0.394 e. The summed E-state index contributed by atoms with van der Waals surface area (Å²) < 4.78 is 0. The van der Waals surface area contributed by atoms with Gasteiger partial charge in [-0.05, 0) is 34.1 Å². The van der Waals surface area contributed by atoms with E-state index in [2.05, 4.69) is 16.8 Å². The molecule has 3 heteroatoms. The lowest BCUT2D eigenvalue weighted by Crippen LogP contribution is -2.49. The molecule has 1 fully saturated rings. The lowest BCUT2D eigenvalue weighted by atomic mass is 9.99. The SMILES string of the molecule is CC.CN1CCC(CO)(N(C)C)C1. The van der Waals surface area contributed by atoms with Crippen molar-refractivity contribution in [2.24, 2.45) is 0 Å². The maximum atomic E-state index is 9.24. The van der Waals surface area contributed by atoms with Gasteiger partial charge in [0.25, 0.3) is 0 Å². The number of nitrogens with zero attached hydrogens (tertiary/aromatic N) is 2. The van der Waals surface area contributed by atoms with Crippen LogP contribution in [-0.4, -0.2) is 61.3 Å². The van der Waals surface area contributed by atoms with Crippen LogP contribution < -0.4 is 0 Å². The molecule has 0 aromatic rings. The van der Waals surface area contributed by atoms with E-state index in [1.54, 1.807) is 0 Å². The molecule has 1 heterocycles. The zero-order valence-electron chi connectivity index (χ0n) is 9.67. The zero-order valence-corrected chi connectivity index (χ0v) is 9.67. The van der Waals surface area contributed by atoms with Gasteiger partial charge in [0.1, 0.15) is 0 Å². The van der Waals surface area contributed by atoms with Crippen molar-refractivity contribution in [3.05, 3.63) is 0 Å². The summed E-state index contributed by atoms with van der Waals surface area (Å²) >= 11 is 0. The van der Waals surface area contributed by atoms with E-state index in [0.29, 0.717) is 0 Å². The van der Waals surface area contributed by atoms with Crippen LogP contribution in [0.5, 0.6) is 0 Å². The number of hydrogen-bond acceptors (Lipinski definition) is 3. The van der Waals surface area contributed by atoms with Gasteiger partial charge in [0, 0.05) is 6.54 Å². The molecule has 1 atom stereocenters. The van der Waals surface area contributed by atoms with E-state index in [1.165, 1.54) is 0 Å². The van der Waals surface area contributed by atoms with E-state index >= 15 is 0 Å². The predicted molar refractivity (Wildman–Crippen MR) is 57.0 cm³/mol. The molecule has 0 radical (unpaired) electrons. The molecule has 1 rings (SSSR count). The zero-order chi connectivity index (χ0) is 10.5. The number of hydrogen-bond donors (Lipinski definition) is 1. The first-order valence-electron chi connectivity index (χ1n) is 5.07. The van der Waals surface area contributed by atoms with Crippen molar-refractivity contribution in [1.29, 1.82) is 0 Å². The normalized spacial score (nSPS) is 28.8. The highest BCUT2D eigenvalue weighted by molar-refractivity contribution is 4.95. The van der Waals surface area contributed by atoms with Crippen LogP contribution in [0.1, 0.15) is 20.3 Å². The average Bonchev–Trinajstić information content (AvgIpc) is 2.52. The number of aliphatic hydroxyl groups excluding tert-OH is 1. The Balaban J connectivity index is 0.000000671. The summed E-state index contributed by atoms with van der Waals surface area (Å²) in [5.41, 5.74) is 0.0226. The number of likely N-dealkylation sites (tertiary alicyclic amines) is 1. The minimum absolute atomic E-state index is 0.0226. The molecule has 1 aliphatic rings. The maximum absolute atomic E-state index is 9.24. The maximum Gasteiger partial charge on any atom is 0.0628 e. The lowest BCUT2D eigenvalue weighted by Gasteiger charge is -2.34. The van der Waals surface area contributed by atoms with Crippen molar-refractivity contribution in [2.45, 2.75) is 25.8 Å². The topological polar surface area (TPSA) is 26.7 Å². The average molecular weight is 188 g/mol. The highest BCUT2D eigenvalue weighted by atomic mass is 16.3. The fourth-order valence-corrected chi connectivity index (χ4v) is 1.70. The molecule has 0 spiro atoms. The Hall–Kier alpha value is -0.120. The molecule has 0 aliphatic carbocycles. The second kappa shape index (κ2) is 5.58. The molecule has 0 bridgehead atoms. The highest BCUT2D eigenvalue weighted by Gasteiger charge is 2.37. The summed E-state index contributed by atoms with van der Waals surface area (Å²) in [6.07, 6.45) is 1.08. The fourth-order valence-electron chi connectivity index (χ4n) is 1.70. The molecule has 80 valence electrons. The van der Waals surface area contributed by atoms with E-state index in [0.717, 1.165) is 19.5 Å². The van der Waals surface area contributed by atoms with Crippen LogP contribution >= 0.6 is 0 Å². The van der Waals surface area contributed by atoms with Crippen LogP contribution in [0.25, 0.3) is 0 Å². The Kier molecular flexibility index (Phi) is 5.53. The third kappa shape index (κ3) is 2.93. The molecule has 0 aromatic carbocycles. The Morgan fingerprint density at radius 3 is 2.08 bits per heavy atom. The van der Waals surface area contributed by atoms with Crippen LogP contribution in [0.3, 0.4) is 0 Å². The molecule has 1 N–H and O–H groups in total. The molecule has 0 amide bonds. The minimum atomic E-state index is 0.0226. The Bertz CT molecular complexity index is 139. The molecular formula is C10H24N2O. The summed E-state index contributed by atoms with van der Waals surface area (Å²) in [4.78, 5) is 4.40. The first kappa shape index (κ1) is 12.9. The number of likely N-dealkylation sites (N-methyl/N-ethyl adjacent to an activating group) is 2. The van der Waals surface area contributed by atoms with Gasteiger partial charge in [-0.25, -0.2) is 0 Å². The van der Waals surface area contributed by atoms with Gasteiger partial charge in [-0.1, -0.05) is 13.8 Å².